The standard InChI is InChI=1S/C18H21F2N/c1-5-21-18(14-7-6-11(2)12(3)8-14)15-9-13(4)16(19)10-17(15)20/h6-10,18,21H,5H2,1-4H3. The minimum Gasteiger partial charge on any atom is -0.306 e. The highest BCUT2D eigenvalue weighted by Crippen LogP contribution is 2.27. The summed E-state index contributed by atoms with van der Waals surface area (Å²) in [5.74, 6) is -1.02. The molecule has 21 heavy (non-hydrogen) atoms. The number of hydrogen-bond acceptors (Lipinski definition) is 1. The molecular weight excluding hydrogens is 268 g/mol. The zero-order valence-corrected chi connectivity index (χ0v) is 12.9. The number of nitrogens with one attached hydrogen (secondary N) is 1. The molecule has 0 amide bonds. The second-order valence-electron chi connectivity index (χ2n) is 5.46. The van der Waals surface area contributed by atoms with Gasteiger partial charge in [-0.3, -0.25) is 0 Å². The molecule has 0 saturated heterocycles. The number of halogens is 2. The summed E-state index contributed by atoms with van der Waals surface area (Å²) in [5, 5.41) is 3.29. The third kappa shape index (κ3) is 3.30. The number of aryl methyl sites for hydroxylation is 3. The van der Waals surface area contributed by atoms with Crippen molar-refractivity contribution in [1.29, 1.82) is 0 Å². The van der Waals surface area contributed by atoms with E-state index in [2.05, 4.69) is 11.4 Å². The van der Waals surface area contributed by atoms with E-state index in [0.29, 0.717) is 17.7 Å². The molecule has 2 rings (SSSR count). The Hall–Kier alpha value is -1.74. The van der Waals surface area contributed by atoms with Gasteiger partial charge in [-0.05, 0) is 55.6 Å². The van der Waals surface area contributed by atoms with Gasteiger partial charge in [0, 0.05) is 11.6 Å². The van der Waals surface area contributed by atoms with Crippen LogP contribution >= 0.6 is 0 Å². The highest BCUT2D eigenvalue weighted by Gasteiger charge is 2.19. The first-order valence-electron chi connectivity index (χ1n) is 7.20. The molecule has 0 saturated carbocycles. The van der Waals surface area contributed by atoms with E-state index in [1.54, 1.807) is 13.0 Å². The van der Waals surface area contributed by atoms with Crippen molar-refractivity contribution >= 4 is 0 Å². The van der Waals surface area contributed by atoms with Gasteiger partial charge in [-0.2, -0.15) is 0 Å². The maximum Gasteiger partial charge on any atom is 0.131 e. The van der Waals surface area contributed by atoms with E-state index in [9.17, 15) is 8.78 Å². The molecule has 0 spiro atoms. The lowest BCUT2D eigenvalue weighted by Crippen LogP contribution is -2.23. The fourth-order valence-corrected chi connectivity index (χ4v) is 2.46. The summed E-state index contributed by atoms with van der Waals surface area (Å²) in [6, 6.07) is 8.37. The second-order valence-corrected chi connectivity index (χ2v) is 5.46. The highest BCUT2D eigenvalue weighted by atomic mass is 19.1. The molecule has 3 heteroatoms. The van der Waals surface area contributed by atoms with Crippen LogP contribution in [0.1, 0.15) is 40.8 Å². The van der Waals surface area contributed by atoms with Crippen LogP contribution in [0.2, 0.25) is 0 Å². The molecule has 0 fully saturated rings. The number of benzene rings is 2. The van der Waals surface area contributed by atoms with Gasteiger partial charge >= 0.3 is 0 Å². The molecule has 1 N–H and O–H groups in total. The molecule has 0 aliphatic carbocycles. The average Bonchev–Trinajstić information content (AvgIpc) is 2.44. The summed E-state index contributed by atoms with van der Waals surface area (Å²) in [6.07, 6.45) is 0. The van der Waals surface area contributed by atoms with Gasteiger partial charge in [0.2, 0.25) is 0 Å². The fraction of sp³-hybridized carbons (Fsp3) is 0.333. The van der Waals surface area contributed by atoms with Crippen molar-refractivity contribution in [3.8, 4) is 0 Å². The van der Waals surface area contributed by atoms with Gasteiger partial charge < -0.3 is 5.32 Å². The molecule has 1 nitrogen and oxygen atoms in total. The molecule has 0 aliphatic heterocycles. The largest absolute Gasteiger partial charge is 0.306 e. The van der Waals surface area contributed by atoms with Crippen molar-refractivity contribution in [3.05, 3.63) is 69.8 Å². The first-order valence-corrected chi connectivity index (χ1v) is 7.20. The third-order valence-corrected chi connectivity index (χ3v) is 3.86. The van der Waals surface area contributed by atoms with Gasteiger partial charge in [-0.25, -0.2) is 8.78 Å². The molecule has 112 valence electrons. The van der Waals surface area contributed by atoms with Crippen LogP contribution in [-0.4, -0.2) is 6.54 Å². The number of hydrogen-bond donors (Lipinski definition) is 1. The van der Waals surface area contributed by atoms with Crippen molar-refractivity contribution in [1.82, 2.24) is 5.32 Å². The highest BCUT2D eigenvalue weighted by molar-refractivity contribution is 5.39. The van der Waals surface area contributed by atoms with Gasteiger partial charge in [0.1, 0.15) is 11.6 Å². The predicted octanol–water partition coefficient (Wildman–Crippen LogP) is 4.59. The maximum atomic E-state index is 14.2. The molecule has 2 aromatic carbocycles. The van der Waals surface area contributed by atoms with E-state index < -0.39 is 11.6 Å². The maximum absolute atomic E-state index is 14.2. The first-order chi connectivity index (χ1) is 9.93. The quantitative estimate of drug-likeness (QED) is 0.868. The van der Waals surface area contributed by atoms with Crippen LogP contribution < -0.4 is 5.32 Å². The van der Waals surface area contributed by atoms with Gasteiger partial charge in [0.15, 0.2) is 0 Å². The van der Waals surface area contributed by atoms with Crippen molar-refractivity contribution in [2.75, 3.05) is 6.54 Å². The Morgan fingerprint density at radius 3 is 2.24 bits per heavy atom. The zero-order valence-electron chi connectivity index (χ0n) is 12.9. The molecule has 1 unspecified atom stereocenters. The van der Waals surface area contributed by atoms with Crippen LogP contribution in [0, 0.1) is 32.4 Å². The van der Waals surface area contributed by atoms with E-state index in [-0.39, 0.29) is 6.04 Å². The Morgan fingerprint density at radius 1 is 0.905 bits per heavy atom. The zero-order chi connectivity index (χ0) is 15.6. The molecule has 0 heterocycles. The first kappa shape index (κ1) is 15.6. The monoisotopic (exact) mass is 289 g/mol. The molecular formula is C18H21F2N. The fourth-order valence-electron chi connectivity index (χ4n) is 2.46. The normalized spacial score (nSPS) is 12.5. The van der Waals surface area contributed by atoms with E-state index >= 15 is 0 Å². The van der Waals surface area contributed by atoms with Gasteiger partial charge in [-0.1, -0.05) is 25.1 Å². The Kier molecular flexibility index (Phi) is 4.73. The lowest BCUT2D eigenvalue weighted by atomic mass is 9.94. The van der Waals surface area contributed by atoms with Crippen LogP contribution in [0.15, 0.2) is 30.3 Å². The van der Waals surface area contributed by atoms with Crippen molar-refractivity contribution < 1.29 is 8.78 Å². The van der Waals surface area contributed by atoms with Crippen LogP contribution in [0.4, 0.5) is 8.78 Å². The van der Waals surface area contributed by atoms with Crippen molar-refractivity contribution in [3.63, 3.8) is 0 Å². The SMILES string of the molecule is CCNC(c1ccc(C)c(C)c1)c1cc(C)c(F)cc1F. The van der Waals surface area contributed by atoms with Gasteiger partial charge in [-0.15, -0.1) is 0 Å². The van der Waals surface area contributed by atoms with E-state index in [1.165, 1.54) is 5.56 Å². The van der Waals surface area contributed by atoms with E-state index in [1.807, 2.05) is 32.9 Å². The number of rotatable bonds is 4. The topological polar surface area (TPSA) is 12.0 Å². The smallest absolute Gasteiger partial charge is 0.131 e. The summed E-state index contributed by atoms with van der Waals surface area (Å²) < 4.78 is 27.7. The summed E-state index contributed by atoms with van der Waals surface area (Å²) >= 11 is 0. The summed E-state index contributed by atoms with van der Waals surface area (Å²) in [5.41, 5.74) is 4.29. The Bertz CT molecular complexity index is 650. The van der Waals surface area contributed by atoms with E-state index in [4.69, 9.17) is 0 Å². The minimum absolute atomic E-state index is 0.270. The second kappa shape index (κ2) is 6.35. The van der Waals surface area contributed by atoms with Crippen LogP contribution in [0.3, 0.4) is 0 Å². The molecule has 0 aliphatic rings. The van der Waals surface area contributed by atoms with Crippen LogP contribution in [0.25, 0.3) is 0 Å². The Labute approximate surface area is 125 Å². The van der Waals surface area contributed by atoms with Gasteiger partial charge in [0.25, 0.3) is 0 Å². The lowest BCUT2D eigenvalue weighted by Gasteiger charge is -2.21. The summed E-state index contributed by atoms with van der Waals surface area (Å²) in [7, 11) is 0. The molecule has 2 aromatic rings. The van der Waals surface area contributed by atoms with Crippen LogP contribution in [-0.2, 0) is 0 Å². The molecule has 0 radical (unpaired) electrons. The van der Waals surface area contributed by atoms with Gasteiger partial charge in [0.05, 0.1) is 6.04 Å². The van der Waals surface area contributed by atoms with Crippen molar-refractivity contribution in [2.45, 2.75) is 33.7 Å². The predicted molar refractivity (Wildman–Crippen MR) is 82.5 cm³/mol. The molecule has 0 aromatic heterocycles. The van der Waals surface area contributed by atoms with Crippen molar-refractivity contribution in [2.24, 2.45) is 0 Å². The Balaban J connectivity index is 2.52. The lowest BCUT2D eigenvalue weighted by molar-refractivity contribution is 0.537. The molecule has 0 bridgehead atoms. The summed E-state index contributed by atoms with van der Waals surface area (Å²) in [4.78, 5) is 0. The third-order valence-electron chi connectivity index (χ3n) is 3.86. The molecule has 1 atom stereocenters. The van der Waals surface area contributed by atoms with E-state index in [0.717, 1.165) is 17.2 Å². The Morgan fingerprint density at radius 2 is 1.62 bits per heavy atom. The minimum atomic E-state index is -0.512. The van der Waals surface area contributed by atoms with Crippen LogP contribution in [0.5, 0.6) is 0 Å². The average molecular weight is 289 g/mol. The summed E-state index contributed by atoms with van der Waals surface area (Å²) in [6.45, 7) is 8.41.